The highest BCUT2D eigenvalue weighted by atomic mass is 16.2. The van der Waals surface area contributed by atoms with Crippen molar-refractivity contribution in [3.8, 4) is 5.82 Å². The lowest BCUT2D eigenvalue weighted by Crippen LogP contribution is -2.49. The average Bonchev–Trinajstić information content (AvgIpc) is 3.29. The molecule has 0 unspecified atom stereocenters. The lowest BCUT2D eigenvalue weighted by atomic mass is 10.2. The van der Waals surface area contributed by atoms with Crippen LogP contribution in [-0.4, -0.2) is 57.0 Å². The van der Waals surface area contributed by atoms with E-state index in [1.807, 2.05) is 29.3 Å². The topological polar surface area (TPSA) is 67.2 Å². The molecule has 1 amide bonds. The molecule has 1 aliphatic carbocycles. The summed E-state index contributed by atoms with van der Waals surface area (Å²) < 4.78 is 1.68. The molecule has 2 aromatic heterocycles. The minimum atomic E-state index is 0.305. The van der Waals surface area contributed by atoms with Gasteiger partial charge in [0.05, 0.1) is 0 Å². The summed E-state index contributed by atoms with van der Waals surface area (Å²) in [5, 5.41) is 12.6. The molecule has 0 atom stereocenters. The fourth-order valence-electron chi connectivity index (χ4n) is 2.76. The van der Waals surface area contributed by atoms with Crippen molar-refractivity contribution in [1.82, 2.24) is 24.9 Å². The van der Waals surface area contributed by atoms with Crippen molar-refractivity contribution in [2.45, 2.75) is 12.8 Å². The van der Waals surface area contributed by atoms with Crippen LogP contribution in [0, 0.1) is 5.92 Å². The Morgan fingerprint density at radius 2 is 1.77 bits per heavy atom. The minimum Gasteiger partial charge on any atom is -0.352 e. The molecule has 0 N–H and O–H groups in total. The Morgan fingerprint density at radius 3 is 2.36 bits per heavy atom. The van der Waals surface area contributed by atoms with Crippen LogP contribution in [0.15, 0.2) is 30.6 Å². The highest BCUT2D eigenvalue weighted by Crippen LogP contribution is 2.31. The van der Waals surface area contributed by atoms with Gasteiger partial charge in [-0.1, -0.05) is 0 Å². The molecule has 7 heteroatoms. The second kappa shape index (κ2) is 5.40. The molecular weight excluding hydrogens is 280 g/mol. The van der Waals surface area contributed by atoms with Gasteiger partial charge in [0.1, 0.15) is 0 Å². The molecule has 0 radical (unpaired) electrons. The fourth-order valence-corrected chi connectivity index (χ4v) is 2.76. The summed E-state index contributed by atoms with van der Waals surface area (Å²) in [6.07, 6.45) is 5.69. The molecule has 3 heterocycles. The van der Waals surface area contributed by atoms with Gasteiger partial charge in [-0.25, -0.2) is 4.68 Å². The SMILES string of the molecule is O=C(C1CC1)N1CCN(c2ccc(-n3cccn3)nn2)CC1. The summed E-state index contributed by atoms with van der Waals surface area (Å²) in [6.45, 7) is 3.18. The van der Waals surface area contributed by atoms with E-state index < -0.39 is 0 Å². The number of hydrogen-bond donors (Lipinski definition) is 0. The number of piperazine rings is 1. The van der Waals surface area contributed by atoms with Crippen LogP contribution in [0.5, 0.6) is 0 Å². The van der Waals surface area contributed by atoms with E-state index in [1.165, 1.54) is 0 Å². The average molecular weight is 298 g/mol. The van der Waals surface area contributed by atoms with Crippen molar-refractivity contribution < 1.29 is 4.79 Å². The molecule has 0 aromatic carbocycles. The Kier molecular flexibility index (Phi) is 3.25. The molecule has 2 aromatic rings. The van der Waals surface area contributed by atoms with E-state index in [9.17, 15) is 4.79 Å². The van der Waals surface area contributed by atoms with Crippen LogP contribution in [0.2, 0.25) is 0 Å². The quantitative estimate of drug-likeness (QED) is 0.835. The lowest BCUT2D eigenvalue weighted by Gasteiger charge is -2.35. The number of anilines is 1. The zero-order valence-corrected chi connectivity index (χ0v) is 12.3. The molecule has 4 rings (SSSR count). The second-order valence-electron chi connectivity index (χ2n) is 5.79. The molecular formula is C15H18N6O. The monoisotopic (exact) mass is 298 g/mol. The van der Waals surface area contributed by atoms with Gasteiger partial charge in [-0.2, -0.15) is 5.10 Å². The van der Waals surface area contributed by atoms with Gasteiger partial charge in [0.25, 0.3) is 0 Å². The standard InChI is InChI=1S/C15H18N6O/c22-15(12-2-3-12)20-10-8-19(9-11-20)13-4-5-14(18-17-13)21-7-1-6-16-21/h1,4-7,12H,2-3,8-11H2. The first-order chi connectivity index (χ1) is 10.8. The number of hydrogen-bond acceptors (Lipinski definition) is 5. The van der Waals surface area contributed by atoms with Gasteiger partial charge in [0, 0.05) is 44.5 Å². The summed E-state index contributed by atoms with van der Waals surface area (Å²) in [5.41, 5.74) is 0. The van der Waals surface area contributed by atoms with Gasteiger partial charge in [-0.3, -0.25) is 4.79 Å². The molecule has 2 aliphatic rings. The first-order valence-corrected chi connectivity index (χ1v) is 7.69. The van der Waals surface area contributed by atoms with E-state index in [1.54, 1.807) is 10.9 Å². The Labute approximate surface area is 128 Å². The first-order valence-electron chi connectivity index (χ1n) is 7.69. The maximum Gasteiger partial charge on any atom is 0.225 e. The van der Waals surface area contributed by atoms with Crippen LogP contribution in [0.1, 0.15) is 12.8 Å². The third-order valence-corrected chi connectivity index (χ3v) is 4.22. The van der Waals surface area contributed by atoms with E-state index in [2.05, 4.69) is 20.2 Å². The van der Waals surface area contributed by atoms with Crippen molar-refractivity contribution in [1.29, 1.82) is 0 Å². The zero-order valence-electron chi connectivity index (χ0n) is 12.3. The van der Waals surface area contributed by atoms with E-state index in [0.29, 0.717) is 17.6 Å². The van der Waals surface area contributed by atoms with Gasteiger partial charge < -0.3 is 9.80 Å². The van der Waals surface area contributed by atoms with Crippen LogP contribution >= 0.6 is 0 Å². The largest absolute Gasteiger partial charge is 0.352 e. The molecule has 2 fully saturated rings. The van der Waals surface area contributed by atoms with Crippen LogP contribution in [-0.2, 0) is 4.79 Å². The summed E-state index contributed by atoms with van der Waals surface area (Å²) in [7, 11) is 0. The number of carbonyl (C=O) groups excluding carboxylic acids is 1. The molecule has 1 aliphatic heterocycles. The van der Waals surface area contributed by atoms with Gasteiger partial charge in [0.2, 0.25) is 5.91 Å². The predicted octanol–water partition coefficient (Wildman–Crippen LogP) is 0.721. The number of carbonyl (C=O) groups is 1. The fraction of sp³-hybridized carbons (Fsp3) is 0.467. The van der Waals surface area contributed by atoms with Crippen LogP contribution < -0.4 is 4.90 Å². The highest BCUT2D eigenvalue weighted by molar-refractivity contribution is 5.81. The van der Waals surface area contributed by atoms with Gasteiger partial charge in [0.15, 0.2) is 11.6 Å². The van der Waals surface area contributed by atoms with E-state index >= 15 is 0 Å². The van der Waals surface area contributed by atoms with Gasteiger partial charge in [-0.15, -0.1) is 10.2 Å². The summed E-state index contributed by atoms with van der Waals surface area (Å²) in [4.78, 5) is 16.2. The molecule has 22 heavy (non-hydrogen) atoms. The molecule has 7 nitrogen and oxygen atoms in total. The minimum absolute atomic E-state index is 0.305. The lowest BCUT2D eigenvalue weighted by molar-refractivity contribution is -0.132. The number of aromatic nitrogens is 4. The maximum atomic E-state index is 12.0. The van der Waals surface area contributed by atoms with Crippen molar-refractivity contribution in [2.75, 3.05) is 31.1 Å². The second-order valence-corrected chi connectivity index (χ2v) is 5.79. The van der Waals surface area contributed by atoms with E-state index in [-0.39, 0.29) is 0 Å². The number of rotatable bonds is 3. The number of nitrogens with zero attached hydrogens (tertiary/aromatic N) is 6. The molecule has 1 saturated carbocycles. The molecule has 0 spiro atoms. The highest BCUT2D eigenvalue weighted by Gasteiger charge is 2.34. The van der Waals surface area contributed by atoms with Gasteiger partial charge in [-0.05, 0) is 31.0 Å². The van der Waals surface area contributed by atoms with Crippen LogP contribution in [0.3, 0.4) is 0 Å². The van der Waals surface area contributed by atoms with E-state index in [0.717, 1.165) is 44.8 Å². The van der Waals surface area contributed by atoms with Crippen molar-refractivity contribution in [3.63, 3.8) is 0 Å². The first kappa shape index (κ1) is 13.2. The summed E-state index contributed by atoms with van der Waals surface area (Å²) >= 11 is 0. The Balaban J connectivity index is 1.40. The third-order valence-electron chi connectivity index (χ3n) is 4.22. The smallest absolute Gasteiger partial charge is 0.225 e. The normalized spacial score (nSPS) is 18.5. The Bertz CT molecular complexity index is 641. The summed E-state index contributed by atoms with van der Waals surface area (Å²) in [6, 6.07) is 5.73. The predicted molar refractivity (Wildman–Crippen MR) is 80.7 cm³/mol. The molecule has 0 bridgehead atoms. The van der Waals surface area contributed by atoms with Crippen molar-refractivity contribution in [2.24, 2.45) is 5.92 Å². The molecule has 114 valence electrons. The van der Waals surface area contributed by atoms with Crippen LogP contribution in [0.25, 0.3) is 5.82 Å². The van der Waals surface area contributed by atoms with Crippen molar-refractivity contribution >= 4 is 11.7 Å². The van der Waals surface area contributed by atoms with Gasteiger partial charge >= 0.3 is 0 Å². The Hall–Kier alpha value is -2.44. The maximum absolute atomic E-state index is 12.0. The summed E-state index contributed by atoms with van der Waals surface area (Å²) in [5.74, 6) is 2.20. The third kappa shape index (κ3) is 2.54. The van der Waals surface area contributed by atoms with Crippen molar-refractivity contribution in [3.05, 3.63) is 30.6 Å². The Morgan fingerprint density at radius 1 is 1.05 bits per heavy atom. The van der Waals surface area contributed by atoms with Crippen LogP contribution in [0.4, 0.5) is 5.82 Å². The number of amides is 1. The molecule has 1 saturated heterocycles. The zero-order chi connectivity index (χ0) is 14.9. The van der Waals surface area contributed by atoms with E-state index in [4.69, 9.17) is 0 Å².